The van der Waals surface area contributed by atoms with E-state index in [1.54, 1.807) is 0 Å². The van der Waals surface area contributed by atoms with E-state index in [4.69, 9.17) is 0 Å². The molecular formula is C13H23NO2. The predicted molar refractivity (Wildman–Crippen MR) is 63.3 cm³/mol. The summed E-state index contributed by atoms with van der Waals surface area (Å²) in [6.07, 6.45) is 7.61. The highest BCUT2D eigenvalue weighted by Crippen LogP contribution is 2.24. The Balaban J connectivity index is 1.89. The first kappa shape index (κ1) is 12.1. The Morgan fingerprint density at radius 2 is 2.06 bits per heavy atom. The Morgan fingerprint density at radius 1 is 1.19 bits per heavy atom. The van der Waals surface area contributed by atoms with Crippen LogP contribution >= 0.6 is 0 Å². The summed E-state index contributed by atoms with van der Waals surface area (Å²) >= 11 is 0. The summed E-state index contributed by atoms with van der Waals surface area (Å²) in [7, 11) is 0. The lowest BCUT2D eigenvalue weighted by Gasteiger charge is -2.26. The molecule has 2 rings (SSSR count). The van der Waals surface area contributed by atoms with Gasteiger partial charge in [-0.25, -0.2) is 0 Å². The number of hydrogen-bond acceptors (Lipinski definition) is 3. The molecule has 0 aromatic heterocycles. The fourth-order valence-electron chi connectivity index (χ4n) is 3.05. The zero-order valence-corrected chi connectivity index (χ0v) is 10.0. The number of aliphatic hydroxyl groups is 1. The summed E-state index contributed by atoms with van der Waals surface area (Å²) in [5.74, 6) is 0.704. The van der Waals surface area contributed by atoms with E-state index in [1.807, 2.05) is 0 Å². The van der Waals surface area contributed by atoms with Crippen LogP contribution in [0.15, 0.2) is 0 Å². The highest BCUT2D eigenvalue weighted by atomic mass is 16.3. The summed E-state index contributed by atoms with van der Waals surface area (Å²) in [6, 6.07) is 0.316. The van der Waals surface area contributed by atoms with Crippen molar-refractivity contribution in [1.29, 1.82) is 0 Å². The van der Waals surface area contributed by atoms with Crippen molar-refractivity contribution in [2.45, 2.75) is 51.0 Å². The Morgan fingerprint density at radius 3 is 2.88 bits per heavy atom. The summed E-state index contributed by atoms with van der Waals surface area (Å²) in [5.41, 5.74) is 0. The topological polar surface area (TPSA) is 40.5 Å². The first-order valence-electron chi connectivity index (χ1n) is 6.69. The van der Waals surface area contributed by atoms with Crippen LogP contribution in [0.25, 0.3) is 0 Å². The van der Waals surface area contributed by atoms with Crippen LogP contribution in [0.2, 0.25) is 0 Å². The molecular weight excluding hydrogens is 202 g/mol. The average molecular weight is 225 g/mol. The fraction of sp³-hybridized carbons (Fsp3) is 0.923. The Kier molecular flexibility index (Phi) is 4.36. The maximum atomic E-state index is 11.9. The molecule has 0 aromatic rings. The molecule has 0 amide bonds. The third-order valence-corrected chi connectivity index (χ3v) is 4.10. The van der Waals surface area contributed by atoms with Crippen molar-refractivity contribution in [2.24, 2.45) is 5.92 Å². The van der Waals surface area contributed by atoms with Gasteiger partial charge in [-0.15, -0.1) is 0 Å². The molecule has 92 valence electrons. The van der Waals surface area contributed by atoms with Crippen LogP contribution in [-0.2, 0) is 4.79 Å². The predicted octanol–water partition coefficient (Wildman–Crippen LogP) is 1.59. The number of carbonyl (C=O) groups excluding carboxylic acids is 1. The van der Waals surface area contributed by atoms with Crippen molar-refractivity contribution in [1.82, 2.24) is 4.90 Å². The van der Waals surface area contributed by atoms with Crippen LogP contribution in [0, 0.1) is 5.92 Å². The minimum Gasteiger partial charge on any atom is -0.395 e. The zero-order valence-electron chi connectivity index (χ0n) is 10.0. The van der Waals surface area contributed by atoms with Crippen molar-refractivity contribution in [3.8, 4) is 0 Å². The lowest BCUT2D eigenvalue weighted by Crippen LogP contribution is -2.38. The van der Waals surface area contributed by atoms with Crippen LogP contribution < -0.4 is 0 Å². The SMILES string of the molecule is O=C1CCCCC[C@H]1CN1CCC[C@@H]1CO. The molecule has 0 aromatic carbocycles. The summed E-state index contributed by atoms with van der Waals surface area (Å²) < 4.78 is 0. The van der Waals surface area contributed by atoms with Gasteiger partial charge in [0.1, 0.15) is 5.78 Å². The second kappa shape index (κ2) is 5.78. The second-order valence-electron chi connectivity index (χ2n) is 5.24. The molecule has 3 nitrogen and oxygen atoms in total. The number of likely N-dealkylation sites (tertiary alicyclic amines) is 1. The minimum atomic E-state index is 0.245. The summed E-state index contributed by atoms with van der Waals surface area (Å²) in [6.45, 7) is 2.21. The molecule has 2 aliphatic rings. The van der Waals surface area contributed by atoms with E-state index in [0.29, 0.717) is 11.8 Å². The molecule has 1 N–H and O–H groups in total. The van der Waals surface area contributed by atoms with Gasteiger partial charge < -0.3 is 5.11 Å². The van der Waals surface area contributed by atoms with Gasteiger partial charge in [-0.2, -0.15) is 0 Å². The summed E-state index contributed by atoms with van der Waals surface area (Å²) in [5, 5.41) is 9.26. The van der Waals surface area contributed by atoms with E-state index in [-0.39, 0.29) is 12.5 Å². The highest BCUT2D eigenvalue weighted by molar-refractivity contribution is 5.81. The molecule has 0 radical (unpaired) electrons. The fourth-order valence-corrected chi connectivity index (χ4v) is 3.05. The van der Waals surface area contributed by atoms with E-state index < -0.39 is 0 Å². The van der Waals surface area contributed by atoms with Crippen LogP contribution in [0.3, 0.4) is 0 Å². The molecule has 3 heteroatoms. The van der Waals surface area contributed by atoms with Crippen molar-refractivity contribution in [3.63, 3.8) is 0 Å². The monoisotopic (exact) mass is 225 g/mol. The molecule has 1 aliphatic carbocycles. The molecule has 2 atom stereocenters. The molecule has 16 heavy (non-hydrogen) atoms. The third-order valence-electron chi connectivity index (χ3n) is 4.10. The first-order valence-corrected chi connectivity index (χ1v) is 6.69. The van der Waals surface area contributed by atoms with Crippen molar-refractivity contribution in [2.75, 3.05) is 19.7 Å². The Hall–Kier alpha value is -0.410. The van der Waals surface area contributed by atoms with Gasteiger partial charge in [-0.1, -0.05) is 12.8 Å². The quantitative estimate of drug-likeness (QED) is 0.742. The Labute approximate surface area is 97.8 Å². The van der Waals surface area contributed by atoms with Gasteiger partial charge in [0.15, 0.2) is 0 Å². The van der Waals surface area contributed by atoms with E-state index in [1.165, 1.54) is 19.3 Å². The molecule has 1 saturated carbocycles. The van der Waals surface area contributed by atoms with Crippen LogP contribution in [0.1, 0.15) is 44.9 Å². The van der Waals surface area contributed by atoms with Gasteiger partial charge in [0, 0.05) is 24.9 Å². The van der Waals surface area contributed by atoms with Gasteiger partial charge >= 0.3 is 0 Å². The number of Topliss-reactive ketones (excluding diaryl/α,β-unsaturated/α-hetero) is 1. The normalized spacial score (nSPS) is 32.9. The van der Waals surface area contributed by atoms with E-state index in [9.17, 15) is 9.90 Å². The van der Waals surface area contributed by atoms with Gasteiger partial charge in [0.2, 0.25) is 0 Å². The molecule has 0 bridgehead atoms. The number of hydrogen-bond donors (Lipinski definition) is 1. The molecule has 1 saturated heterocycles. The third kappa shape index (κ3) is 2.83. The molecule has 0 spiro atoms. The van der Waals surface area contributed by atoms with Crippen molar-refractivity contribution in [3.05, 3.63) is 0 Å². The van der Waals surface area contributed by atoms with Gasteiger partial charge in [0.05, 0.1) is 6.61 Å². The maximum Gasteiger partial charge on any atom is 0.137 e. The number of ketones is 1. The molecule has 0 unspecified atom stereocenters. The minimum absolute atomic E-state index is 0.245. The van der Waals surface area contributed by atoms with Crippen molar-refractivity contribution >= 4 is 5.78 Å². The molecule has 2 fully saturated rings. The van der Waals surface area contributed by atoms with Gasteiger partial charge in [0.25, 0.3) is 0 Å². The smallest absolute Gasteiger partial charge is 0.137 e. The van der Waals surface area contributed by atoms with Gasteiger partial charge in [-0.3, -0.25) is 9.69 Å². The first-order chi connectivity index (χ1) is 7.81. The zero-order chi connectivity index (χ0) is 11.4. The lowest BCUT2D eigenvalue weighted by molar-refractivity contribution is -0.123. The molecule has 1 aliphatic heterocycles. The van der Waals surface area contributed by atoms with E-state index >= 15 is 0 Å². The number of rotatable bonds is 3. The molecule has 1 heterocycles. The van der Waals surface area contributed by atoms with E-state index in [2.05, 4.69) is 4.90 Å². The lowest BCUT2D eigenvalue weighted by atomic mass is 9.98. The second-order valence-corrected chi connectivity index (χ2v) is 5.24. The van der Waals surface area contributed by atoms with Crippen molar-refractivity contribution < 1.29 is 9.90 Å². The standard InChI is InChI=1S/C13H23NO2/c15-10-12-6-4-8-14(12)9-11-5-2-1-3-7-13(11)16/h11-12,15H,1-10H2/t11-,12+/m0/s1. The average Bonchev–Trinajstić information content (AvgIpc) is 2.64. The van der Waals surface area contributed by atoms with E-state index in [0.717, 1.165) is 38.8 Å². The maximum absolute atomic E-state index is 11.9. The summed E-state index contributed by atoms with van der Waals surface area (Å²) in [4.78, 5) is 14.2. The number of nitrogens with zero attached hydrogens (tertiary/aromatic N) is 1. The number of aliphatic hydroxyl groups excluding tert-OH is 1. The largest absolute Gasteiger partial charge is 0.395 e. The van der Waals surface area contributed by atoms with Crippen LogP contribution in [0.4, 0.5) is 0 Å². The van der Waals surface area contributed by atoms with Crippen LogP contribution in [-0.4, -0.2) is 41.5 Å². The Bertz CT molecular complexity index is 242. The van der Waals surface area contributed by atoms with Gasteiger partial charge in [-0.05, 0) is 32.2 Å². The van der Waals surface area contributed by atoms with Crippen LogP contribution in [0.5, 0.6) is 0 Å². The highest BCUT2D eigenvalue weighted by Gasteiger charge is 2.29. The number of carbonyl (C=O) groups is 1.